The molecule has 0 fully saturated rings. The summed E-state index contributed by atoms with van der Waals surface area (Å²) in [6, 6.07) is 4.58. The third-order valence-corrected chi connectivity index (χ3v) is 4.23. The van der Waals surface area contributed by atoms with E-state index in [1.54, 1.807) is 6.07 Å². The molecule has 0 amide bonds. The van der Waals surface area contributed by atoms with E-state index in [1.807, 2.05) is 0 Å². The fraction of sp³-hybridized carbons (Fsp3) is 0.211. The zero-order valence-electron chi connectivity index (χ0n) is 15.5. The Kier molecular flexibility index (Phi) is 4.83. The van der Waals surface area contributed by atoms with Gasteiger partial charge in [0, 0.05) is 5.56 Å². The van der Waals surface area contributed by atoms with Crippen LogP contribution in [0.5, 0.6) is 40.2 Å². The lowest BCUT2D eigenvalue weighted by Gasteiger charge is -2.15. The Morgan fingerprint density at radius 2 is 1.39 bits per heavy atom. The third kappa shape index (κ3) is 2.68. The van der Waals surface area contributed by atoms with E-state index < -0.39 is 28.1 Å². The summed E-state index contributed by atoms with van der Waals surface area (Å²) < 4.78 is 26.0. The number of aromatic hydroxyl groups is 3. The van der Waals surface area contributed by atoms with Gasteiger partial charge in [-0.3, -0.25) is 4.79 Å². The molecule has 1 aromatic heterocycles. The van der Waals surface area contributed by atoms with Crippen molar-refractivity contribution in [2.24, 2.45) is 0 Å². The topological polar surface area (TPSA) is 128 Å². The number of fused-ring (bicyclic) bond motifs is 1. The van der Waals surface area contributed by atoms with E-state index in [2.05, 4.69) is 0 Å². The summed E-state index contributed by atoms with van der Waals surface area (Å²) in [6.45, 7) is 0. The van der Waals surface area contributed by atoms with E-state index in [1.165, 1.54) is 40.6 Å². The van der Waals surface area contributed by atoms with Crippen molar-refractivity contribution < 1.29 is 38.7 Å². The Morgan fingerprint density at radius 1 is 0.786 bits per heavy atom. The number of hydrogen-bond acceptors (Lipinski definition) is 9. The van der Waals surface area contributed by atoms with Crippen LogP contribution in [0.3, 0.4) is 0 Å². The maximum absolute atomic E-state index is 12.7. The summed E-state index contributed by atoms with van der Waals surface area (Å²) in [5.41, 5.74) is -1.05. The van der Waals surface area contributed by atoms with Gasteiger partial charge in [0.1, 0.15) is 5.39 Å². The number of phenols is 2. The van der Waals surface area contributed by atoms with Gasteiger partial charge in [0.15, 0.2) is 28.6 Å². The highest BCUT2D eigenvalue weighted by atomic mass is 16.5. The smallest absolute Gasteiger partial charge is 0.239 e. The number of methoxy groups -OCH3 is 4. The van der Waals surface area contributed by atoms with Crippen molar-refractivity contribution in [1.29, 1.82) is 0 Å². The van der Waals surface area contributed by atoms with Crippen LogP contribution in [-0.2, 0) is 0 Å². The fourth-order valence-electron chi connectivity index (χ4n) is 2.89. The monoisotopic (exact) mass is 390 g/mol. The molecule has 3 aromatic rings. The molecule has 0 unspecified atom stereocenters. The molecule has 9 nitrogen and oxygen atoms in total. The summed E-state index contributed by atoms with van der Waals surface area (Å²) in [5, 5.41) is 30.8. The number of hydrogen-bond donors (Lipinski definition) is 3. The van der Waals surface area contributed by atoms with Crippen LogP contribution in [0.25, 0.3) is 22.3 Å². The van der Waals surface area contributed by atoms with E-state index in [9.17, 15) is 20.1 Å². The molecule has 1 heterocycles. The van der Waals surface area contributed by atoms with Gasteiger partial charge >= 0.3 is 0 Å². The second-order valence-corrected chi connectivity index (χ2v) is 5.65. The van der Waals surface area contributed by atoms with Crippen LogP contribution in [0.2, 0.25) is 0 Å². The lowest BCUT2D eigenvalue weighted by molar-refractivity contribution is 0.317. The zero-order valence-corrected chi connectivity index (χ0v) is 15.5. The van der Waals surface area contributed by atoms with Gasteiger partial charge in [0.25, 0.3) is 0 Å². The summed E-state index contributed by atoms with van der Waals surface area (Å²) >= 11 is 0. The Morgan fingerprint density at radius 3 is 1.96 bits per heavy atom. The van der Waals surface area contributed by atoms with Crippen molar-refractivity contribution in [1.82, 2.24) is 0 Å². The lowest BCUT2D eigenvalue weighted by atomic mass is 10.1. The summed E-state index contributed by atoms with van der Waals surface area (Å²) in [5.74, 6) is -1.91. The third-order valence-electron chi connectivity index (χ3n) is 4.23. The Bertz CT molecular complexity index is 1120. The van der Waals surface area contributed by atoms with Gasteiger partial charge in [-0.2, -0.15) is 0 Å². The van der Waals surface area contributed by atoms with E-state index in [0.29, 0.717) is 11.5 Å². The number of phenolic OH excluding ortho intramolecular Hbond substituents is 2. The van der Waals surface area contributed by atoms with E-state index in [-0.39, 0.29) is 28.4 Å². The van der Waals surface area contributed by atoms with E-state index in [4.69, 9.17) is 23.4 Å². The molecule has 0 atom stereocenters. The lowest BCUT2D eigenvalue weighted by Crippen LogP contribution is -2.05. The Labute approximate surface area is 158 Å². The molecule has 0 saturated heterocycles. The highest BCUT2D eigenvalue weighted by Crippen LogP contribution is 2.50. The molecule has 0 bridgehead atoms. The molecule has 0 radical (unpaired) electrons. The fourth-order valence-corrected chi connectivity index (χ4v) is 2.89. The molecule has 9 heteroatoms. The molecular weight excluding hydrogens is 372 g/mol. The molecule has 0 saturated carbocycles. The average Bonchev–Trinajstić information content (AvgIpc) is 2.71. The van der Waals surface area contributed by atoms with Gasteiger partial charge in [-0.25, -0.2) is 0 Å². The van der Waals surface area contributed by atoms with Gasteiger partial charge in [0.05, 0.1) is 28.4 Å². The summed E-state index contributed by atoms with van der Waals surface area (Å²) in [6.07, 6.45) is 0. The number of ether oxygens (including phenoxy) is 4. The van der Waals surface area contributed by atoms with Crippen molar-refractivity contribution in [2.75, 3.05) is 28.4 Å². The highest BCUT2D eigenvalue weighted by molar-refractivity contribution is 5.96. The summed E-state index contributed by atoms with van der Waals surface area (Å²) in [7, 11) is 5.36. The van der Waals surface area contributed by atoms with Crippen LogP contribution >= 0.6 is 0 Å². The van der Waals surface area contributed by atoms with Crippen LogP contribution in [-0.4, -0.2) is 43.8 Å². The molecule has 148 valence electrons. The minimum Gasteiger partial charge on any atom is -0.504 e. The quantitative estimate of drug-likeness (QED) is 0.563. The largest absolute Gasteiger partial charge is 0.504 e. The zero-order chi connectivity index (χ0) is 20.6. The first-order valence-corrected chi connectivity index (χ1v) is 7.97. The Balaban J connectivity index is 2.40. The molecule has 0 spiro atoms. The van der Waals surface area contributed by atoms with Crippen molar-refractivity contribution >= 4 is 11.0 Å². The molecule has 3 N–H and O–H groups in total. The predicted molar refractivity (Wildman–Crippen MR) is 99.1 cm³/mol. The summed E-state index contributed by atoms with van der Waals surface area (Å²) in [4.78, 5) is 12.7. The minimum absolute atomic E-state index is 0.223. The molecule has 0 aliphatic heterocycles. The van der Waals surface area contributed by atoms with Gasteiger partial charge in [-0.15, -0.1) is 0 Å². The molecule has 28 heavy (non-hydrogen) atoms. The standard InChI is InChI=1S/C19H18O9/c1-24-9-6-5-8(7-10(9)25-2)16-14(22)12(20)11-13(21)18(26-3)19(27-4)15(23)17(11)28-16/h5-7,21-23H,1-4H3. The molecule has 2 aromatic carbocycles. The van der Waals surface area contributed by atoms with Crippen LogP contribution < -0.4 is 24.4 Å². The van der Waals surface area contributed by atoms with Gasteiger partial charge < -0.3 is 38.7 Å². The normalized spacial score (nSPS) is 10.7. The first-order valence-electron chi connectivity index (χ1n) is 7.97. The van der Waals surface area contributed by atoms with Gasteiger partial charge in [0.2, 0.25) is 28.4 Å². The van der Waals surface area contributed by atoms with Crippen LogP contribution in [0, 0.1) is 0 Å². The number of rotatable bonds is 5. The Hall–Kier alpha value is -3.75. The first-order chi connectivity index (χ1) is 13.4. The molecule has 3 rings (SSSR count). The molecular formula is C19H18O9. The average molecular weight is 390 g/mol. The van der Waals surface area contributed by atoms with E-state index in [0.717, 1.165) is 0 Å². The SMILES string of the molecule is COc1ccc(-c2oc3c(O)c(OC)c(OC)c(O)c3c(=O)c2O)cc1OC. The maximum Gasteiger partial charge on any atom is 0.239 e. The van der Waals surface area contributed by atoms with Crippen molar-refractivity contribution in [3.8, 4) is 51.6 Å². The van der Waals surface area contributed by atoms with Crippen molar-refractivity contribution in [2.45, 2.75) is 0 Å². The second kappa shape index (κ2) is 7.10. The minimum atomic E-state index is -0.959. The van der Waals surface area contributed by atoms with E-state index >= 15 is 0 Å². The van der Waals surface area contributed by atoms with Crippen LogP contribution in [0.1, 0.15) is 0 Å². The van der Waals surface area contributed by atoms with Crippen LogP contribution in [0.4, 0.5) is 0 Å². The highest BCUT2D eigenvalue weighted by Gasteiger charge is 2.28. The molecule has 0 aliphatic carbocycles. The second-order valence-electron chi connectivity index (χ2n) is 5.65. The van der Waals surface area contributed by atoms with Crippen molar-refractivity contribution in [3.05, 3.63) is 28.4 Å². The first kappa shape index (κ1) is 19.0. The van der Waals surface area contributed by atoms with Gasteiger partial charge in [-0.1, -0.05) is 0 Å². The predicted octanol–water partition coefficient (Wildman–Crippen LogP) is 2.61. The van der Waals surface area contributed by atoms with Gasteiger partial charge in [-0.05, 0) is 18.2 Å². The van der Waals surface area contributed by atoms with Crippen molar-refractivity contribution in [3.63, 3.8) is 0 Å². The number of benzene rings is 2. The maximum atomic E-state index is 12.7. The molecule has 0 aliphatic rings. The van der Waals surface area contributed by atoms with Crippen LogP contribution in [0.15, 0.2) is 27.4 Å².